The molecule has 3 heteroatoms. The third-order valence-electron chi connectivity index (χ3n) is 5.78. The van der Waals surface area contributed by atoms with Crippen LogP contribution in [0.1, 0.15) is 53.5 Å². The molecule has 29 heavy (non-hydrogen) atoms. The van der Waals surface area contributed by atoms with Gasteiger partial charge < -0.3 is 9.47 Å². The number of aryl methyl sites for hydroxylation is 2. The maximum absolute atomic E-state index is 13.5. The molecule has 2 aromatic carbocycles. The van der Waals surface area contributed by atoms with E-state index in [0.29, 0.717) is 12.5 Å². The van der Waals surface area contributed by atoms with Gasteiger partial charge in [0.25, 0.3) is 5.91 Å². The molecule has 0 aliphatic heterocycles. The predicted octanol–water partition coefficient (Wildman–Crippen LogP) is 5.84. The zero-order valence-corrected chi connectivity index (χ0v) is 18.2. The fraction of sp³-hybridized carbons (Fsp3) is 0.346. The first-order valence-electron chi connectivity index (χ1n) is 10.4. The molecule has 1 heterocycles. The number of rotatable bonds is 7. The lowest BCUT2D eigenvalue weighted by atomic mass is 10.0. The predicted molar refractivity (Wildman–Crippen MR) is 120 cm³/mol. The molecule has 0 bridgehead atoms. The first-order valence-corrected chi connectivity index (χ1v) is 10.4. The summed E-state index contributed by atoms with van der Waals surface area (Å²) in [5, 5.41) is 0. The van der Waals surface area contributed by atoms with E-state index in [4.69, 9.17) is 0 Å². The van der Waals surface area contributed by atoms with Crippen molar-refractivity contribution in [2.24, 2.45) is 5.92 Å². The molecule has 1 unspecified atom stereocenters. The van der Waals surface area contributed by atoms with Crippen molar-refractivity contribution in [3.05, 3.63) is 94.8 Å². The Labute approximate surface area is 175 Å². The molecule has 3 aromatic rings. The van der Waals surface area contributed by atoms with Gasteiger partial charge in [-0.1, -0.05) is 61.9 Å². The van der Waals surface area contributed by atoms with Gasteiger partial charge in [0.2, 0.25) is 0 Å². The average Bonchev–Trinajstić information content (AvgIpc) is 3.12. The molecule has 0 spiro atoms. The van der Waals surface area contributed by atoms with Crippen LogP contribution in [0.2, 0.25) is 0 Å². The molecule has 0 N–H and O–H groups in total. The van der Waals surface area contributed by atoms with E-state index in [1.54, 1.807) is 0 Å². The van der Waals surface area contributed by atoms with Crippen LogP contribution >= 0.6 is 0 Å². The molecule has 1 aromatic heterocycles. The third-order valence-corrected chi connectivity index (χ3v) is 5.78. The monoisotopic (exact) mass is 388 g/mol. The zero-order valence-electron chi connectivity index (χ0n) is 18.2. The summed E-state index contributed by atoms with van der Waals surface area (Å²) in [7, 11) is 0. The van der Waals surface area contributed by atoms with E-state index in [-0.39, 0.29) is 11.9 Å². The van der Waals surface area contributed by atoms with Gasteiger partial charge in [-0.2, -0.15) is 0 Å². The van der Waals surface area contributed by atoms with E-state index in [0.717, 1.165) is 23.4 Å². The number of hydrogen-bond acceptors (Lipinski definition) is 1. The zero-order chi connectivity index (χ0) is 21.0. The second-order valence-corrected chi connectivity index (χ2v) is 8.35. The van der Waals surface area contributed by atoms with E-state index >= 15 is 0 Å². The first kappa shape index (κ1) is 20.9. The molecule has 3 rings (SSSR count). The average molecular weight is 389 g/mol. The van der Waals surface area contributed by atoms with Crippen molar-refractivity contribution in [1.29, 1.82) is 0 Å². The van der Waals surface area contributed by atoms with Gasteiger partial charge in [-0.3, -0.25) is 4.79 Å². The Bertz CT molecular complexity index is 970. The number of aromatic nitrogens is 1. The standard InChI is InChI=1S/C26H32N2O/c1-19(2)22(5)28(26(29)25-14-7-6-11-21(25)4)18-24-13-9-15-27(24)17-23-12-8-10-20(3)16-23/h6-16,19,22H,17-18H2,1-5H3. The Morgan fingerprint density at radius 2 is 1.72 bits per heavy atom. The van der Waals surface area contributed by atoms with Crippen LogP contribution in [0.25, 0.3) is 0 Å². The topological polar surface area (TPSA) is 25.2 Å². The van der Waals surface area contributed by atoms with Crippen LogP contribution in [0, 0.1) is 19.8 Å². The third kappa shape index (κ3) is 4.97. The van der Waals surface area contributed by atoms with Gasteiger partial charge in [-0.15, -0.1) is 0 Å². The number of benzene rings is 2. The molecule has 152 valence electrons. The Hall–Kier alpha value is -2.81. The highest BCUT2D eigenvalue weighted by molar-refractivity contribution is 5.95. The molecular formula is C26H32N2O. The SMILES string of the molecule is Cc1cccc(Cn2cccc2CN(C(=O)c2ccccc2C)C(C)C(C)C)c1. The molecular weight excluding hydrogens is 356 g/mol. The maximum atomic E-state index is 13.5. The van der Waals surface area contributed by atoms with Crippen LogP contribution in [-0.2, 0) is 13.1 Å². The lowest BCUT2D eigenvalue weighted by Gasteiger charge is -2.33. The minimum absolute atomic E-state index is 0.104. The largest absolute Gasteiger partial charge is 0.345 e. The summed E-state index contributed by atoms with van der Waals surface area (Å²) >= 11 is 0. The normalized spacial score (nSPS) is 12.2. The van der Waals surface area contributed by atoms with Gasteiger partial charge >= 0.3 is 0 Å². The van der Waals surface area contributed by atoms with Gasteiger partial charge in [0.05, 0.1) is 6.54 Å². The summed E-state index contributed by atoms with van der Waals surface area (Å²) in [4.78, 5) is 15.5. The fourth-order valence-corrected chi connectivity index (χ4v) is 3.66. The van der Waals surface area contributed by atoms with Crippen LogP contribution in [0.5, 0.6) is 0 Å². The van der Waals surface area contributed by atoms with Gasteiger partial charge in [-0.05, 0) is 56.0 Å². The van der Waals surface area contributed by atoms with Crippen molar-refractivity contribution in [3.8, 4) is 0 Å². The Balaban J connectivity index is 1.88. The molecule has 3 nitrogen and oxygen atoms in total. The number of hydrogen-bond donors (Lipinski definition) is 0. The summed E-state index contributed by atoms with van der Waals surface area (Å²) in [6.07, 6.45) is 2.11. The number of nitrogens with zero attached hydrogens (tertiary/aromatic N) is 2. The second-order valence-electron chi connectivity index (χ2n) is 8.35. The molecule has 0 saturated heterocycles. The van der Waals surface area contributed by atoms with Crippen molar-refractivity contribution in [1.82, 2.24) is 9.47 Å². The highest BCUT2D eigenvalue weighted by Gasteiger charge is 2.25. The minimum Gasteiger partial charge on any atom is -0.345 e. The van der Waals surface area contributed by atoms with Gasteiger partial charge in [-0.25, -0.2) is 0 Å². The minimum atomic E-state index is 0.104. The number of carbonyl (C=O) groups is 1. The van der Waals surface area contributed by atoms with Crippen LogP contribution in [0.4, 0.5) is 0 Å². The summed E-state index contributed by atoms with van der Waals surface area (Å²) in [6.45, 7) is 12.0. The maximum Gasteiger partial charge on any atom is 0.254 e. The molecule has 0 aliphatic rings. The van der Waals surface area contributed by atoms with Crippen LogP contribution in [-0.4, -0.2) is 21.4 Å². The van der Waals surface area contributed by atoms with Crippen molar-refractivity contribution in [2.75, 3.05) is 0 Å². The van der Waals surface area contributed by atoms with Gasteiger partial charge in [0.15, 0.2) is 0 Å². The van der Waals surface area contributed by atoms with E-state index in [1.165, 1.54) is 11.1 Å². The van der Waals surface area contributed by atoms with Crippen molar-refractivity contribution in [2.45, 2.75) is 53.8 Å². The fourth-order valence-electron chi connectivity index (χ4n) is 3.66. The molecule has 1 atom stereocenters. The lowest BCUT2D eigenvalue weighted by molar-refractivity contribution is 0.0622. The van der Waals surface area contributed by atoms with Crippen molar-refractivity contribution in [3.63, 3.8) is 0 Å². The van der Waals surface area contributed by atoms with E-state index < -0.39 is 0 Å². The molecule has 1 amide bonds. The summed E-state index contributed by atoms with van der Waals surface area (Å²) in [5.41, 5.74) is 5.50. The number of amides is 1. The molecule has 0 fully saturated rings. The lowest BCUT2D eigenvalue weighted by Crippen LogP contribution is -2.41. The number of carbonyl (C=O) groups excluding carboxylic acids is 1. The van der Waals surface area contributed by atoms with Crippen molar-refractivity contribution < 1.29 is 4.79 Å². The van der Waals surface area contributed by atoms with Gasteiger partial charge in [0, 0.05) is 30.0 Å². The van der Waals surface area contributed by atoms with E-state index in [1.807, 2.05) is 36.1 Å². The quantitative estimate of drug-likeness (QED) is 0.499. The van der Waals surface area contributed by atoms with Crippen LogP contribution in [0.3, 0.4) is 0 Å². The molecule has 0 radical (unpaired) electrons. The second kappa shape index (κ2) is 9.13. The summed E-state index contributed by atoms with van der Waals surface area (Å²) in [5.74, 6) is 0.482. The van der Waals surface area contributed by atoms with Crippen LogP contribution in [0.15, 0.2) is 66.9 Å². The Kier molecular flexibility index (Phi) is 6.58. The van der Waals surface area contributed by atoms with E-state index in [9.17, 15) is 4.79 Å². The van der Waals surface area contributed by atoms with Crippen LogP contribution < -0.4 is 0 Å². The Morgan fingerprint density at radius 1 is 0.966 bits per heavy atom. The highest BCUT2D eigenvalue weighted by atomic mass is 16.2. The smallest absolute Gasteiger partial charge is 0.254 e. The van der Waals surface area contributed by atoms with Gasteiger partial charge in [0.1, 0.15) is 0 Å². The first-order chi connectivity index (χ1) is 13.9. The molecule has 0 aliphatic carbocycles. The van der Waals surface area contributed by atoms with Crippen molar-refractivity contribution >= 4 is 5.91 Å². The molecule has 0 saturated carbocycles. The highest BCUT2D eigenvalue weighted by Crippen LogP contribution is 2.21. The van der Waals surface area contributed by atoms with E-state index in [2.05, 4.69) is 74.9 Å². The summed E-state index contributed by atoms with van der Waals surface area (Å²) in [6, 6.07) is 20.8. The Morgan fingerprint density at radius 3 is 2.41 bits per heavy atom. The summed E-state index contributed by atoms with van der Waals surface area (Å²) < 4.78 is 2.25.